The van der Waals surface area contributed by atoms with E-state index in [0.717, 1.165) is 47.5 Å². The molecule has 1 saturated heterocycles. The van der Waals surface area contributed by atoms with Gasteiger partial charge in [0.25, 0.3) is 0 Å². The molecule has 3 aromatic heterocycles. The topological polar surface area (TPSA) is 91.9 Å². The standard InChI is InChI=1S/C21H25N7OS/c1-14-16(20(29-3)27(2)26-14)12-28-9-5-4-6-18(28)17-13-30-21(24-17)25-19-10-15(11-22)7-8-23-19/h7-8,10,13,18H,4-6,9,12H2,1-3H3,(H,23,24,25)/t18-/m0/s1. The van der Waals surface area contributed by atoms with Gasteiger partial charge in [0, 0.05) is 25.2 Å². The highest BCUT2D eigenvalue weighted by atomic mass is 32.1. The summed E-state index contributed by atoms with van der Waals surface area (Å²) in [4.78, 5) is 11.6. The van der Waals surface area contributed by atoms with E-state index >= 15 is 0 Å². The number of methoxy groups -OCH3 is 1. The van der Waals surface area contributed by atoms with Gasteiger partial charge in [-0.15, -0.1) is 11.3 Å². The maximum absolute atomic E-state index is 9.07. The van der Waals surface area contributed by atoms with Crippen LogP contribution in [0.15, 0.2) is 23.7 Å². The van der Waals surface area contributed by atoms with Crippen molar-refractivity contribution in [3.8, 4) is 11.9 Å². The number of ether oxygens (including phenoxy) is 1. The first kappa shape index (κ1) is 20.3. The number of pyridine rings is 1. The Hall–Kier alpha value is -2.96. The van der Waals surface area contributed by atoms with Crippen LogP contribution in [0.5, 0.6) is 5.88 Å². The first-order valence-corrected chi connectivity index (χ1v) is 10.9. The van der Waals surface area contributed by atoms with E-state index in [0.29, 0.717) is 11.4 Å². The molecule has 0 radical (unpaired) electrons. The minimum atomic E-state index is 0.258. The van der Waals surface area contributed by atoms with Crippen LogP contribution >= 0.6 is 11.3 Å². The molecule has 1 aliphatic rings. The second-order valence-electron chi connectivity index (χ2n) is 7.42. The minimum absolute atomic E-state index is 0.258. The monoisotopic (exact) mass is 423 g/mol. The third kappa shape index (κ3) is 4.15. The molecule has 30 heavy (non-hydrogen) atoms. The van der Waals surface area contributed by atoms with Gasteiger partial charge in [0.15, 0.2) is 5.13 Å². The number of aromatic nitrogens is 4. The highest BCUT2D eigenvalue weighted by Crippen LogP contribution is 2.36. The zero-order valence-corrected chi connectivity index (χ0v) is 18.2. The molecule has 0 spiro atoms. The Morgan fingerprint density at radius 2 is 2.27 bits per heavy atom. The molecule has 0 unspecified atom stereocenters. The van der Waals surface area contributed by atoms with Crippen LogP contribution in [-0.2, 0) is 13.6 Å². The fraction of sp³-hybridized carbons (Fsp3) is 0.429. The maximum atomic E-state index is 9.07. The van der Waals surface area contributed by atoms with E-state index in [1.54, 1.807) is 41.5 Å². The predicted molar refractivity (Wildman–Crippen MR) is 116 cm³/mol. The Morgan fingerprint density at radius 3 is 3.07 bits per heavy atom. The number of nitrogens with one attached hydrogen (secondary N) is 1. The average Bonchev–Trinajstić information content (AvgIpc) is 3.32. The van der Waals surface area contributed by atoms with Crippen molar-refractivity contribution in [3.63, 3.8) is 0 Å². The van der Waals surface area contributed by atoms with Crippen LogP contribution in [0.2, 0.25) is 0 Å². The van der Waals surface area contributed by atoms with E-state index in [9.17, 15) is 0 Å². The molecular formula is C21H25N7OS. The van der Waals surface area contributed by atoms with Gasteiger partial charge in [0.1, 0.15) is 5.82 Å². The number of thiazole rings is 1. The van der Waals surface area contributed by atoms with E-state index in [4.69, 9.17) is 15.0 Å². The quantitative estimate of drug-likeness (QED) is 0.642. The summed E-state index contributed by atoms with van der Waals surface area (Å²) in [6.07, 6.45) is 5.07. The fourth-order valence-corrected chi connectivity index (χ4v) is 4.77. The van der Waals surface area contributed by atoms with Gasteiger partial charge in [-0.3, -0.25) is 4.90 Å². The van der Waals surface area contributed by atoms with Gasteiger partial charge in [0.2, 0.25) is 5.88 Å². The first-order valence-electron chi connectivity index (χ1n) is 9.98. The SMILES string of the molecule is COc1c(CN2CCCC[C@H]2c2csc(Nc3cc(C#N)ccn3)n2)c(C)nn1C. The number of piperidine rings is 1. The minimum Gasteiger partial charge on any atom is -0.481 e. The second kappa shape index (κ2) is 8.81. The lowest BCUT2D eigenvalue weighted by atomic mass is 9.99. The van der Waals surface area contributed by atoms with Crippen molar-refractivity contribution in [2.75, 3.05) is 19.0 Å². The smallest absolute Gasteiger partial charge is 0.216 e. The summed E-state index contributed by atoms with van der Waals surface area (Å²) in [5.41, 5.74) is 3.78. The molecular weight excluding hydrogens is 398 g/mol. The van der Waals surface area contributed by atoms with Crippen molar-refractivity contribution in [1.29, 1.82) is 5.26 Å². The third-order valence-corrected chi connectivity index (χ3v) is 6.22. The summed E-state index contributed by atoms with van der Waals surface area (Å²) in [5.74, 6) is 1.45. The Labute approximate surface area is 180 Å². The molecule has 9 heteroatoms. The molecule has 4 rings (SSSR count). The summed E-state index contributed by atoms with van der Waals surface area (Å²) < 4.78 is 7.39. The number of nitriles is 1. The van der Waals surface area contributed by atoms with Crippen molar-refractivity contribution < 1.29 is 4.74 Å². The van der Waals surface area contributed by atoms with E-state index in [2.05, 4.69) is 31.7 Å². The molecule has 1 fully saturated rings. The zero-order chi connectivity index (χ0) is 21.1. The molecule has 8 nitrogen and oxygen atoms in total. The molecule has 1 aliphatic heterocycles. The van der Waals surface area contributed by atoms with Crippen LogP contribution in [0.3, 0.4) is 0 Å². The number of nitrogens with zero attached hydrogens (tertiary/aromatic N) is 6. The van der Waals surface area contributed by atoms with Gasteiger partial charge in [-0.05, 0) is 38.4 Å². The molecule has 0 amide bonds. The summed E-state index contributed by atoms with van der Waals surface area (Å²) in [6.45, 7) is 3.85. The largest absolute Gasteiger partial charge is 0.481 e. The Morgan fingerprint density at radius 1 is 1.40 bits per heavy atom. The summed E-state index contributed by atoms with van der Waals surface area (Å²) in [7, 11) is 3.61. The molecule has 0 bridgehead atoms. The summed E-state index contributed by atoms with van der Waals surface area (Å²) >= 11 is 1.56. The third-order valence-electron chi connectivity index (χ3n) is 5.44. The number of hydrogen-bond donors (Lipinski definition) is 1. The lowest BCUT2D eigenvalue weighted by Crippen LogP contribution is -2.33. The molecule has 0 aromatic carbocycles. The summed E-state index contributed by atoms with van der Waals surface area (Å²) in [6, 6.07) is 5.81. The first-order chi connectivity index (χ1) is 14.6. The van der Waals surface area contributed by atoms with Crippen molar-refractivity contribution in [3.05, 3.63) is 46.2 Å². The maximum Gasteiger partial charge on any atom is 0.216 e. The normalized spacial score (nSPS) is 16.9. The molecule has 0 saturated carbocycles. The van der Waals surface area contributed by atoms with Gasteiger partial charge in [-0.2, -0.15) is 10.4 Å². The number of hydrogen-bond acceptors (Lipinski definition) is 8. The van der Waals surface area contributed by atoms with Crippen LogP contribution < -0.4 is 10.1 Å². The van der Waals surface area contributed by atoms with Gasteiger partial charge >= 0.3 is 0 Å². The number of aryl methyl sites for hydroxylation is 2. The van der Waals surface area contributed by atoms with E-state index in [1.165, 1.54) is 12.8 Å². The lowest BCUT2D eigenvalue weighted by molar-refractivity contribution is 0.136. The van der Waals surface area contributed by atoms with Crippen molar-refractivity contribution in [2.24, 2.45) is 7.05 Å². The fourth-order valence-electron chi connectivity index (χ4n) is 4.01. The second-order valence-corrected chi connectivity index (χ2v) is 8.28. The van der Waals surface area contributed by atoms with E-state index in [1.807, 2.05) is 14.0 Å². The van der Waals surface area contributed by atoms with Gasteiger partial charge < -0.3 is 10.1 Å². The molecule has 0 aliphatic carbocycles. The molecule has 156 valence electrons. The van der Waals surface area contributed by atoms with Gasteiger partial charge in [0.05, 0.1) is 41.7 Å². The number of likely N-dealkylation sites (tertiary alicyclic amines) is 1. The van der Waals surface area contributed by atoms with E-state index < -0.39 is 0 Å². The van der Waals surface area contributed by atoms with Crippen LogP contribution in [0.1, 0.15) is 47.8 Å². The van der Waals surface area contributed by atoms with Gasteiger partial charge in [-0.25, -0.2) is 14.6 Å². The highest BCUT2D eigenvalue weighted by molar-refractivity contribution is 7.13. The summed E-state index contributed by atoms with van der Waals surface area (Å²) in [5, 5.41) is 19.7. The van der Waals surface area contributed by atoms with Crippen LogP contribution in [-0.4, -0.2) is 38.3 Å². The van der Waals surface area contributed by atoms with Crippen molar-refractivity contribution in [1.82, 2.24) is 24.6 Å². The van der Waals surface area contributed by atoms with Crippen LogP contribution in [0, 0.1) is 18.3 Å². The molecule has 4 heterocycles. The average molecular weight is 424 g/mol. The Balaban J connectivity index is 1.53. The molecule has 1 atom stereocenters. The molecule has 3 aromatic rings. The Bertz CT molecular complexity index is 1070. The highest BCUT2D eigenvalue weighted by Gasteiger charge is 2.28. The van der Waals surface area contributed by atoms with Crippen LogP contribution in [0.25, 0.3) is 0 Å². The Kier molecular flexibility index (Phi) is 5.97. The van der Waals surface area contributed by atoms with E-state index in [-0.39, 0.29) is 6.04 Å². The lowest BCUT2D eigenvalue weighted by Gasteiger charge is -2.34. The van der Waals surface area contributed by atoms with Crippen molar-refractivity contribution >= 4 is 22.3 Å². The van der Waals surface area contributed by atoms with Crippen molar-refractivity contribution in [2.45, 2.75) is 38.8 Å². The number of anilines is 2. The number of rotatable bonds is 6. The predicted octanol–water partition coefficient (Wildman–Crippen LogP) is 3.93. The van der Waals surface area contributed by atoms with Crippen LogP contribution in [0.4, 0.5) is 10.9 Å². The molecule has 1 N–H and O–H groups in total. The zero-order valence-electron chi connectivity index (χ0n) is 17.4. The van der Waals surface area contributed by atoms with Gasteiger partial charge in [-0.1, -0.05) is 6.42 Å².